The molecular weight excluding hydrogens is 238 g/mol. The molecular formula is C11H19N3O2S. The maximum absolute atomic E-state index is 12.1. The Bertz CT molecular complexity index is 481. The van der Waals surface area contributed by atoms with Crippen molar-refractivity contribution in [3.63, 3.8) is 0 Å². The summed E-state index contributed by atoms with van der Waals surface area (Å²) in [6.45, 7) is 3.84. The molecule has 0 aromatic carbocycles. The normalized spacial score (nSPS) is 26.0. The Morgan fingerprint density at radius 2 is 2.12 bits per heavy atom. The van der Waals surface area contributed by atoms with Crippen molar-refractivity contribution in [2.24, 2.45) is 5.92 Å². The average molecular weight is 257 g/mol. The number of hydrogen-bond donors (Lipinski definition) is 2. The SMILES string of the molecule is Cc1ncc(S(=O)(=O)NC2CCCCC2C)[nH]1. The molecule has 6 heteroatoms. The van der Waals surface area contributed by atoms with Crippen LogP contribution in [-0.2, 0) is 10.0 Å². The van der Waals surface area contributed by atoms with Gasteiger partial charge in [-0.1, -0.05) is 19.8 Å². The van der Waals surface area contributed by atoms with E-state index in [1.807, 2.05) is 0 Å². The summed E-state index contributed by atoms with van der Waals surface area (Å²) in [5.74, 6) is 1.02. The van der Waals surface area contributed by atoms with Crippen molar-refractivity contribution in [1.82, 2.24) is 14.7 Å². The Hall–Kier alpha value is -0.880. The molecule has 0 spiro atoms. The number of H-pyrrole nitrogens is 1. The van der Waals surface area contributed by atoms with Gasteiger partial charge in [-0.05, 0) is 25.7 Å². The summed E-state index contributed by atoms with van der Waals surface area (Å²) in [6, 6.07) is 0.0531. The molecule has 5 nitrogen and oxygen atoms in total. The molecule has 1 aromatic rings. The number of imidazole rings is 1. The molecule has 96 valence electrons. The lowest BCUT2D eigenvalue weighted by Gasteiger charge is -2.28. The molecule has 0 amide bonds. The van der Waals surface area contributed by atoms with Crippen LogP contribution in [0.15, 0.2) is 11.2 Å². The van der Waals surface area contributed by atoms with Gasteiger partial charge >= 0.3 is 0 Å². The Labute approximate surface area is 102 Å². The van der Waals surface area contributed by atoms with Gasteiger partial charge in [0, 0.05) is 6.04 Å². The highest BCUT2D eigenvalue weighted by Gasteiger charge is 2.27. The third kappa shape index (κ3) is 2.87. The Balaban J connectivity index is 2.11. The molecule has 1 aliphatic carbocycles. The summed E-state index contributed by atoms with van der Waals surface area (Å²) in [6.07, 6.45) is 5.68. The fourth-order valence-corrected chi connectivity index (χ4v) is 3.64. The smallest absolute Gasteiger partial charge is 0.257 e. The van der Waals surface area contributed by atoms with Gasteiger partial charge in [0.05, 0.1) is 6.20 Å². The molecule has 0 radical (unpaired) electrons. The molecule has 2 unspecified atom stereocenters. The second-order valence-corrected chi connectivity index (χ2v) is 6.50. The summed E-state index contributed by atoms with van der Waals surface area (Å²) in [5.41, 5.74) is 0. The number of nitrogens with one attached hydrogen (secondary N) is 2. The first kappa shape index (κ1) is 12.6. The maximum atomic E-state index is 12.1. The summed E-state index contributed by atoms with van der Waals surface area (Å²) in [7, 11) is -3.44. The van der Waals surface area contributed by atoms with Crippen molar-refractivity contribution in [3.05, 3.63) is 12.0 Å². The lowest BCUT2D eigenvalue weighted by Crippen LogP contribution is -2.41. The van der Waals surface area contributed by atoms with E-state index in [0.29, 0.717) is 11.7 Å². The Morgan fingerprint density at radius 1 is 1.41 bits per heavy atom. The van der Waals surface area contributed by atoms with E-state index in [1.165, 1.54) is 12.6 Å². The number of nitrogens with zero attached hydrogens (tertiary/aromatic N) is 1. The quantitative estimate of drug-likeness (QED) is 0.863. The van der Waals surface area contributed by atoms with Crippen LogP contribution in [0.4, 0.5) is 0 Å². The second kappa shape index (κ2) is 4.78. The standard InChI is InChI=1S/C11H19N3O2S/c1-8-5-3-4-6-10(8)14-17(15,16)11-7-12-9(2)13-11/h7-8,10,14H,3-6H2,1-2H3,(H,12,13). The van der Waals surface area contributed by atoms with Gasteiger partial charge in [-0.3, -0.25) is 0 Å². The number of sulfonamides is 1. The van der Waals surface area contributed by atoms with Gasteiger partial charge in [0.1, 0.15) is 5.82 Å². The van der Waals surface area contributed by atoms with Crippen LogP contribution in [0.3, 0.4) is 0 Å². The highest BCUT2D eigenvalue weighted by molar-refractivity contribution is 7.89. The van der Waals surface area contributed by atoms with Crippen LogP contribution in [0.5, 0.6) is 0 Å². The van der Waals surface area contributed by atoms with Gasteiger partial charge in [0.25, 0.3) is 10.0 Å². The van der Waals surface area contributed by atoms with Gasteiger partial charge in [0.15, 0.2) is 5.03 Å². The van der Waals surface area contributed by atoms with Crippen LogP contribution in [0, 0.1) is 12.8 Å². The van der Waals surface area contributed by atoms with E-state index in [9.17, 15) is 8.42 Å². The van der Waals surface area contributed by atoms with Crippen molar-refractivity contribution < 1.29 is 8.42 Å². The number of aromatic nitrogens is 2. The van der Waals surface area contributed by atoms with Crippen LogP contribution >= 0.6 is 0 Å². The predicted molar refractivity (Wildman–Crippen MR) is 65.1 cm³/mol. The van der Waals surface area contributed by atoms with E-state index in [2.05, 4.69) is 21.6 Å². The van der Waals surface area contributed by atoms with Crippen molar-refractivity contribution in [1.29, 1.82) is 0 Å². The van der Waals surface area contributed by atoms with Crippen LogP contribution < -0.4 is 4.72 Å². The first-order valence-electron chi connectivity index (χ1n) is 6.03. The lowest BCUT2D eigenvalue weighted by atomic mass is 9.87. The molecule has 0 bridgehead atoms. The third-order valence-electron chi connectivity index (χ3n) is 3.39. The molecule has 2 N–H and O–H groups in total. The number of hydrogen-bond acceptors (Lipinski definition) is 3. The van der Waals surface area contributed by atoms with Crippen LogP contribution in [0.2, 0.25) is 0 Å². The molecule has 0 saturated heterocycles. The zero-order valence-electron chi connectivity index (χ0n) is 10.2. The van der Waals surface area contributed by atoms with E-state index in [-0.39, 0.29) is 11.1 Å². The fourth-order valence-electron chi connectivity index (χ4n) is 2.29. The Morgan fingerprint density at radius 3 is 2.71 bits per heavy atom. The first-order chi connectivity index (χ1) is 7.99. The van der Waals surface area contributed by atoms with Crippen molar-refractivity contribution in [3.8, 4) is 0 Å². The molecule has 2 atom stereocenters. The topological polar surface area (TPSA) is 74.8 Å². The summed E-state index contributed by atoms with van der Waals surface area (Å²) in [5, 5.41) is 0.160. The lowest BCUT2D eigenvalue weighted by molar-refractivity contribution is 0.310. The molecule has 17 heavy (non-hydrogen) atoms. The molecule has 1 aliphatic rings. The zero-order valence-corrected chi connectivity index (χ0v) is 11.0. The number of aromatic amines is 1. The summed E-state index contributed by atoms with van der Waals surface area (Å²) >= 11 is 0. The summed E-state index contributed by atoms with van der Waals surface area (Å²) in [4.78, 5) is 6.68. The highest BCUT2D eigenvalue weighted by Crippen LogP contribution is 2.25. The molecule has 2 rings (SSSR count). The molecule has 1 heterocycles. The van der Waals surface area contributed by atoms with Crippen LogP contribution in [-0.4, -0.2) is 24.4 Å². The third-order valence-corrected chi connectivity index (χ3v) is 4.79. The fraction of sp³-hybridized carbons (Fsp3) is 0.727. The van der Waals surface area contributed by atoms with Crippen LogP contribution in [0.1, 0.15) is 38.4 Å². The molecule has 1 saturated carbocycles. The molecule has 1 aromatic heterocycles. The zero-order chi connectivity index (χ0) is 12.5. The van der Waals surface area contributed by atoms with E-state index < -0.39 is 10.0 Å². The minimum Gasteiger partial charge on any atom is -0.332 e. The van der Waals surface area contributed by atoms with Crippen molar-refractivity contribution in [2.45, 2.75) is 50.6 Å². The molecule has 1 fully saturated rings. The van der Waals surface area contributed by atoms with Gasteiger partial charge in [-0.25, -0.2) is 18.1 Å². The Kier molecular flexibility index (Phi) is 3.53. The second-order valence-electron chi connectivity index (χ2n) is 4.82. The van der Waals surface area contributed by atoms with Crippen molar-refractivity contribution >= 4 is 10.0 Å². The van der Waals surface area contributed by atoms with Crippen molar-refractivity contribution in [2.75, 3.05) is 0 Å². The number of rotatable bonds is 3. The van der Waals surface area contributed by atoms with Crippen LogP contribution in [0.25, 0.3) is 0 Å². The monoisotopic (exact) mass is 257 g/mol. The minimum atomic E-state index is -3.44. The number of aryl methyl sites for hydroxylation is 1. The largest absolute Gasteiger partial charge is 0.332 e. The first-order valence-corrected chi connectivity index (χ1v) is 7.51. The average Bonchev–Trinajstić information content (AvgIpc) is 2.69. The van der Waals surface area contributed by atoms with E-state index in [1.54, 1.807) is 6.92 Å². The van der Waals surface area contributed by atoms with E-state index in [0.717, 1.165) is 19.3 Å². The summed E-state index contributed by atoms with van der Waals surface area (Å²) < 4.78 is 26.9. The van der Waals surface area contributed by atoms with Gasteiger partial charge in [-0.2, -0.15) is 0 Å². The predicted octanol–water partition coefficient (Wildman–Crippen LogP) is 1.58. The van der Waals surface area contributed by atoms with E-state index >= 15 is 0 Å². The maximum Gasteiger partial charge on any atom is 0.257 e. The highest BCUT2D eigenvalue weighted by atomic mass is 32.2. The van der Waals surface area contributed by atoms with E-state index in [4.69, 9.17) is 0 Å². The minimum absolute atomic E-state index is 0.0531. The van der Waals surface area contributed by atoms with Gasteiger partial charge in [-0.15, -0.1) is 0 Å². The van der Waals surface area contributed by atoms with Gasteiger partial charge in [0.2, 0.25) is 0 Å². The van der Waals surface area contributed by atoms with Gasteiger partial charge < -0.3 is 4.98 Å². The molecule has 0 aliphatic heterocycles.